The van der Waals surface area contributed by atoms with E-state index >= 15 is 0 Å². The Morgan fingerprint density at radius 2 is 2.12 bits per heavy atom. The van der Waals surface area contributed by atoms with Gasteiger partial charge in [0.2, 0.25) is 0 Å². The average molecular weight is 220 g/mol. The topological polar surface area (TPSA) is 37.3 Å². The lowest BCUT2D eigenvalue weighted by Crippen LogP contribution is -2.48. The van der Waals surface area contributed by atoms with Crippen molar-refractivity contribution in [3.05, 3.63) is 36.0 Å². The number of carbonyl (C=O) groups excluding carboxylic acids is 1. The fourth-order valence-electron chi connectivity index (χ4n) is 2.13. The number of hydrogen-bond acceptors (Lipinski definition) is 2. The standard InChI is InChI=1S/C14H20O2/c1-10(2)6-7-14(16)11(3)8-12(15)9-13(14,4)5/h6-8,16H,1,9H2,2-5H3. The average Bonchev–Trinajstić information content (AvgIpc) is 2.10. The Labute approximate surface area is 97.4 Å². The van der Waals surface area contributed by atoms with Crippen molar-refractivity contribution in [3.63, 3.8) is 0 Å². The Hall–Kier alpha value is -1.15. The molecule has 1 N–H and O–H groups in total. The highest BCUT2D eigenvalue weighted by atomic mass is 16.3. The second-order valence-corrected chi connectivity index (χ2v) is 5.30. The van der Waals surface area contributed by atoms with E-state index in [0.717, 1.165) is 5.57 Å². The van der Waals surface area contributed by atoms with Gasteiger partial charge in [0, 0.05) is 11.8 Å². The van der Waals surface area contributed by atoms with E-state index in [4.69, 9.17) is 0 Å². The zero-order chi connectivity index (χ0) is 12.6. The quantitative estimate of drug-likeness (QED) is 0.726. The number of allylic oxidation sites excluding steroid dienone is 3. The highest BCUT2D eigenvalue weighted by Crippen LogP contribution is 2.44. The molecule has 0 aromatic heterocycles. The van der Waals surface area contributed by atoms with Crippen LogP contribution < -0.4 is 0 Å². The van der Waals surface area contributed by atoms with Crippen LogP contribution in [0.5, 0.6) is 0 Å². The van der Waals surface area contributed by atoms with E-state index in [1.54, 1.807) is 19.1 Å². The van der Waals surface area contributed by atoms with Crippen LogP contribution in [0.3, 0.4) is 0 Å². The van der Waals surface area contributed by atoms with Gasteiger partial charge in [-0.1, -0.05) is 32.1 Å². The summed E-state index contributed by atoms with van der Waals surface area (Å²) in [6.45, 7) is 11.3. The second kappa shape index (κ2) is 4.02. The molecule has 0 radical (unpaired) electrons. The number of aliphatic hydroxyl groups is 1. The number of hydrogen-bond donors (Lipinski definition) is 1. The summed E-state index contributed by atoms with van der Waals surface area (Å²) in [6.07, 6.45) is 5.44. The minimum Gasteiger partial charge on any atom is -0.381 e. The van der Waals surface area contributed by atoms with Crippen molar-refractivity contribution < 1.29 is 9.90 Å². The molecular formula is C14H20O2. The highest BCUT2D eigenvalue weighted by Gasteiger charge is 2.46. The molecule has 0 aromatic rings. The molecule has 1 aliphatic rings. The van der Waals surface area contributed by atoms with Crippen LogP contribution in [0.25, 0.3) is 0 Å². The molecule has 0 aliphatic heterocycles. The molecule has 0 amide bonds. The van der Waals surface area contributed by atoms with Crippen LogP contribution in [0.2, 0.25) is 0 Å². The van der Waals surface area contributed by atoms with Crippen LogP contribution in [0.15, 0.2) is 36.0 Å². The minimum atomic E-state index is -1.06. The van der Waals surface area contributed by atoms with Crippen LogP contribution in [-0.2, 0) is 4.79 Å². The molecule has 0 aromatic carbocycles. The van der Waals surface area contributed by atoms with Gasteiger partial charge in [0.15, 0.2) is 5.78 Å². The maximum atomic E-state index is 11.5. The molecule has 0 spiro atoms. The molecule has 1 unspecified atom stereocenters. The number of ketones is 1. The smallest absolute Gasteiger partial charge is 0.156 e. The Kier molecular flexibility index (Phi) is 3.25. The Morgan fingerprint density at radius 1 is 1.56 bits per heavy atom. The third-order valence-electron chi connectivity index (χ3n) is 3.24. The summed E-state index contributed by atoms with van der Waals surface area (Å²) in [5.74, 6) is 0.0795. The maximum Gasteiger partial charge on any atom is 0.156 e. The van der Waals surface area contributed by atoms with E-state index in [-0.39, 0.29) is 5.78 Å². The molecule has 2 nitrogen and oxygen atoms in total. The van der Waals surface area contributed by atoms with Crippen molar-refractivity contribution in [2.24, 2.45) is 5.41 Å². The molecule has 0 fully saturated rings. The van der Waals surface area contributed by atoms with Gasteiger partial charge in [-0.05, 0) is 31.6 Å². The maximum absolute atomic E-state index is 11.5. The summed E-state index contributed by atoms with van der Waals surface area (Å²) in [5.41, 5.74) is 0.0505. The van der Waals surface area contributed by atoms with Gasteiger partial charge in [0.05, 0.1) is 0 Å². The van der Waals surface area contributed by atoms with E-state index < -0.39 is 11.0 Å². The molecule has 1 rings (SSSR count). The summed E-state index contributed by atoms with van der Waals surface area (Å²) in [4.78, 5) is 11.5. The number of rotatable bonds is 2. The van der Waals surface area contributed by atoms with Crippen LogP contribution in [0.1, 0.15) is 34.1 Å². The fourth-order valence-corrected chi connectivity index (χ4v) is 2.13. The minimum absolute atomic E-state index is 0.0795. The Bertz CT molecular complexity index is 386. The lowest BCUT2D eigenvalue weighted by molar-refractivity contribution is -0.121. The van der Waals surface area contributed by atoms with Gasteiger partial charge < -0.3 is 5.11 Å². The second-order valence-electron chi connectivity index (χ2n) is 5.30. The van der Waals surface area contributed by atoms with Gasteiger partial charge in [-0.2, -0.15) is 0 Å². The molecule has 1 atom stereocenters. The van der Waals surface area contributed by atoms with Gasteiger partial charge in [-0.25, -0.2) is 0 Å². The van der Waals surface area contributed by atoms with E-state index in [0.29, 0.717) is 12.0 Å². The lowest BCUT2D eigenvalue weighted by Gasteiger charge is -2.43. The van der Waals surface area contributed by atoms with Crippen molar-refractivity contribution in [1.29, 1.82) is 0 Å². The van der Waals surface area contributed by atoms with Gasteiger partial charge in [0.25, 0.3) is 0 Å². The van der Waals surface area contributed by atoms with Gasteiger partial charge >= 0.3 is 0 Å². The van der Waals surface area contributed by atoms with Crippen LogP contribution in [0.4, 0.5) is 0 Å². The summed E-state index contributed by atoms with van der Waals surface area (Å²) < 4.78 is 0. The molecule has 0 heterocycles. The van der Waals surface area contributed by atoms with Crippen molar-refractivity contribution in [3.8, 4) is 0 Å². The monoisotopic (exact) mass is 220 g/mol. The normalized spacial score (nSPS) is 29.3. The Morgan fingerprint density at radius 3 is 2.56 bits per heavy atom. The molecule has 1 aliphatic carbocycles. The van der Waals surface area contributed by atoms with Crippen molar-refractivity contribution in [1.82, 2.24) is 0 Å². The zero-order valence-electron chi connectivity index (χ0n) is 10.5. The van der Waals surface area contributed by atoms with Crippen LogP contribution >= 0.6 is 0 Å². The molecule has 0 saturated heterocycles. The van der Waals surface area contributed by atoms with Gasteiger partial charge in [-0.3, -0.25) is 4.79 Å². The Balaban J connectivity index is 3.21. The lowest BCUT2D eigenvalue weighted by atomic mass is 9.64. The van der Waals surface area contributed by atoms with E-state index in [9.17, 15) is 9.90 Å². The zero-order valence-corrected chi connectivity index (χ0v) is 10.5. The molecule has 0 saturated carbocycles. The first-order valence-corrected chi connectivity index (χ1v) is 5.48. The van der Waals surface area contributed by atoms with Crippen LogP contribution in [-0.4, -0.2) is 16.5 Å². The first-order valence-electron chi connectivity index (χ1n) is 5.48. The molecule has 88 valence electrons. The van der Waals surface area contributed by atoms with Gasteiger partial charge in [-0.15, -0.1) is 0 Å². The first kappa shape index (κ1) is 12.9. The predicted octanol–water partition coefficient (Wildman–Crippen LogP) is 2.80. The van der Waals surface area contributed by atoms with Crippen molar-refractivity contribution >= 4 is 5.78 Å². The summed E-state index contributed by atoms with van der Waals surface area (Å²) in [6, 6.07) is 0. The largest absolute Gasteiger partial charge is 0.381 e. The summed E-state index contributed by atoms with van der Waals surface area (Å²) in [5, 5.41) is 10.7. The molecular weight excluding hydrogens is 200 g/mol. The van der Waals surface area contributed by atoms with Crippen molar-refractivity contribution in [2.75, 3.05) is 0 Å². The summed E-state index contributed by atoms with van der Waals surface area (Å²) in [7, 11) is 0. The molecule has 16 heavy (non-hydrogen) atoms. The molecule has 0 bridgehead atoms. The highest BCUT2D eigenvalue weighted by molar-refractivity contribution is 5.92. The SMILES string of the molecule is C=C(C)C=CC1(O)C(C)=CC(=O)CC1(C)C. The van der Waals surface area contributed by atoms with E-state index in [2.05, 4.69) is 6.58 Å². The van der Waals surface area contributed by atoms with Gasteiger partial charge in [0.1, 0.15) is 5.60 Å². The summed E-state index contributed by atoms with van der Waals surface area (Å²) >= 11 is 0. The van der Waals surface area contributed by atoms with E-state index in [1.165, 1.54) is 6.08 Å². The van der Waals surface area contributed by atoms with E-state index in [1.807, 2.05) is 20.8 Å². The third-order valence-corrected chi connectivity index (χ3v) is 3.24. The first-order chi connectivity index (χ1) is 7.19. The fraction of sp³-hybridized carbons (Fsp3) is 0.500. The number of carbonyl (C=O) groups is 1. The van der Waals surface area contributed by atoms with Crippen molar-refractivity contribution in [2.45, 2.75) is 39.7 Å². The molecule has 2 heteroatoms. The van der Waals surface area contributed by atoms with Crippen LogP contribution in [0, 0.1) is 5.41 Å². The predicted molar refractivity (Wildman–Crippen MR) is 66.1 cm³/mol. The third kappa shape index (κ3) is 2.17.